The Hall–Kier alpha value is -3.55. The summed E-state index contributed by atoms with van der Waals surface area (Å²) in [6, 6.07) is 11.4. The maximum Gasteiger partial charge on any atom is 0.356 e. The van der Waals surface area contributed by atoms with E-state index in [1.165, 1.54) is 53.1 Å². The number of carbonyl (C=O) groups excluding carboxylic acids is 2. The molecule has 0 aromatic heterocycles. The summed E-state index contributed by atoms with van der Waals surface area (Å²) in [5, 5.41) is 21.8. The SMILES string of the molecule is CC(C)(C)[Si](C)(C)OCC[C@H]1C(=O)N2C(C(=O)OCc3ccc([N+](=O)[O-])cc3)=C(c3ccc([N+](=O)[O-])cc3)S[C@H]12. The van der Waals surface area contributed by atoms with Gasteiger partial charge in [-0.3, -0.25) is 29.9 Å². The van der Waals surface area contributed by atoms with E-state index < -0.39 is 24.1 Å². The van der Waals surface area contributed by atoms with Crippen molar-refractivity contribution < 1.29 is 28.6 Å². The van der Waals surface area contributed by atoms with Crippen LogP contribution in [0.2, 0.25) is 18.1 Å². The molecule has 2 aliphatic heterocycles. The topological polar surface area (TPSA) is 142 Å². The number of benzene rings is 2. The highest BCUT2D eigenvalue weighted by Crippen LogP contribution is 2.54. The molecule has 1 saturated heterocycles. The highest BCUT2D eigenvalue weighted by Gasteiger charge is 2.56. The van der Waals surface area contributed by atoms with Crippen molar-refractivity contribution in [2.24, 2.45) is 5.92 Å². The van der Waals surface area contributed by atoms with Gasteiger partial charge in [-0.25, -0.2) is 4.79 Å². The summed E-state index contributed by atoms with van der Waals surface area (Å²) in [6.45, 7) is 11.0. The lowest BCUT2D eigenvalue weighted by Gasteiger charge is -2.43. The lowest BCUT2D eigenvalue weighted by atomic mass is 9.94. The van der Waals surface area contributed by atoms with E-state index in [1.807, 2.05) is 0 Å². The molecule has 40 heavy (non-hydrogen) atoms. The summed E-state index contributed by atoms with van der Waals surface area (Å²) in [6.07, 6.45) is 0.512. The molecular formula is C27H31N3O8SSi. The number of nitro groups is 2. The molecule has 2 heterocycles. The minimum absolute atomic E-state index is 0.0377. The van der Waals surface area contributed by atoms with Gasteiger partial charge in [-0.15, -0.1) is 0 Å². The number of fused-ring (bicyclic) bond motifs is 1. The lowest BCUT2D eigenvalue weighted by Crippen LogP contribution is -2.57. The molecule has 4 rings (SSSR count). The molecule has 0 spiro atoms. The van der Waals surface area contributed by atoms with Crippen molar-refractivity contribution in [3.05, 3.63) is 85.6 Å². The quantitative estimate of drug-likeness (QED) is 0.110. The zero-order valence-corrected chi connectivity index (χ0v) is 24.7. The molecular weight excluding hydrogens is 554 g/mol. The van der Waals surface area contributed by atoms with Crippen LogP contribution in [-0.4, -0.2) is 46.9 Å². The number of nitro benzene ring substituents is 2. The number of non-ortho nitro benzene ring substituents is 2. The zero-order chi connectivity index (χ0) is 29.4. The first kappa shape index (κ1) is 29.4. The molecule has 1 fully saturated rings. The normalized spacial score (nSPS) is 18.8. The second kappa shape index (κ2) is 11.1. The molecule has 0 saturated carbocycles. The predicted molar refractivity (Wildman–Crippen MR) is 152 cm³/mol. The minimum Gasteiger partial charge on any atom is -0.456 e. The number of hydrogen-bond donors (Lipinski definition) is 0. The average molecular weight is 586 g/mol. The van der Waals surface area contributed by atoms with Crippen LogP contribution in [0.5, 0.6) is 0 Å². The fraction of sp³-hybridized carbons (Fsp3) is 0.407. The molecule has 2 aliphatic rings. The number of β-lactam (4-membered cyclic amide) rings is 1. The summed E-state index contributed by atoms with van der Waals surface area (Å²) >= 11 is 1.36. The smallest absolute Gasteiger partial charge is 0.356 e. The van der Waals surface area contributed by atoms with Crippen LogP contribution >= 0.6 is 11.8 Å². The number of esters is 1. The summed E-state index contributed by atoms with van der Waals surface area (Å²) < 4.78 is 11.8. The largest absolute Gasteiger partial charge is 0.456 e. The summed E-state index contributed by atoms with van der Waals surface area (Å²) in [7, 11) is -1.99. The zero-order valence-electron chi connectivity index (χ0n) is 22.9. The Labute approximate surface area is 237 Å². The first-order valence-electron chi connectivity index (χ1n) is 12.7. The van der Waals surface area contributed by atoms with E-state index in [0.717, 1.165) is 0 Å². The van der Waals surface area contributed by atoms with Crippen molar-refractivity contribution in [1.82, 2.24) is 4.90 Å². The molecule has 212 valence electrons. The van der Waals surface area contributed by atoms with Gasteiger partial charge < -0.3 is 9.16 Å². The van der Waals surface area contributed by atoms with Crippen LogP contribution in [0.4, 0.5) is 11.4 Å². The standard InChI is InChI=1S/C27H31N3O8SSi/c1-27(2,3)40(4,5)38-15-14-21-24(31)28-22(26(32)37-16-17-6-10-19(11-7-17)29(33)34)23(39-25(21)28)18-8-12-20(13-9-18)30(35)36/h6-13,21,25H,14-16H2,1-5H3/t21-,25+/m0/s1. The number of hydrogen-bond acceptors (Lipinski definition) is 9. The van der Waals surface area contributed by atoms with Crippen LogP contribution in [0.15, 0.2) is 54.2 Å². The molecule has 1 amide bonds. The first-order chi connectivity index (χ1) is 18.7. The minimum atomic E-state index is -1.99. The Morgan fingerprint density at radius 3 is 2.08 bits per heavy atom. The molecule has 0 bridgehead atoms. The number of ether oxygens (including phenoxy) is 1. The number of amides is 1. The maximum absolute atomic E-state index is 13.3. The molecule has 13 heteroatoms. The van der Waals surface area contributed by atoms with Gasteiger partial charge in [0, 0.05) is 35.8 Å². The van der Waals surface area contributed by atoms with E-state index >= 15 is 0 Å². The van der Waals surface area contributed by atoms with Crippen LogP contribution in [0.25, 0.3) is 4.91 Å². The third kappa shape index (κ3) is 5.81. The highest BCUT2D eigenvalue weighted by molar-refractivity contribution is 8.09. The Morgan fingerprint density at radius 1 is 1.00 bits per heavy atom. The number of thioether (sulfide) groups is 1. The van der Waals surface area contributed by atoms with Crippen LogP contribution in [-0.2, 0) is 25.4 Å². The predicted octanol–water partition coefficient (Wildman–Crippen LogP) is 5.86. The lowest BCUT2D eigenvalue weighted by molar-refractivity contribution is -0.385. The molecule has 0 aliphatic carbocycles. The third-order valence-corrected chi connectivity index (χ3v) is 13.6. The summed E-state index contributed by atoms with van der Waals surface area (Å²) in [4.78, 5) is 49.6. The second-order valence-electron chi connectivity index (χ2n) is 11.2. The van der Waals surface area contributed by atoms with Gasteiger partial charge in [0.15, 0.2) is 8.32 Å². The molecule has 0 N–H and O–H groups in total. The summed E-state index contributed by atoms with van der Waals surface area (Å²) in [5.41, 5.74) is 1.04. The van der Waals surface area contributed by atoms with E-state index in [4.69, 9.17) is 9.16 Å². The van der Waals surface area contributed by atoms with E-state index in [-0.39, 0.29) is 45.9 Å². The Bertz CT molecular complexity index is 1370. The molecule has 2 aromatic carbocycles. The second-order valence-corrected chi connectivity index (χ2v) is 17.1. The van der Waals surface area contributed by atoms with E-state index in [9.17, 15) is 29.8 Å². The van der Waals surface area contributed by atoms with Crippen molar-refractivity contribution in [3.8, 4) is 0 Å². The van der Waals surface area contributed by atoms with E-state index in [2.05, 4.69) is 33.9 Å². The fourth-order valence-corrected chi connectivity index (χ4v) is 6.77. The van der Waals surface area contributed by atoms with Crippen molar-refractivity contribution in [2.45, 2.75) is 57.3 Å². The van der Waals surface area contributed by atoms with Gasteiger partial charge in [-0.05, 0) is 59.9 Å². The molecule has 2 aromatic rings. The van der Waals surface area contributed by atoms with Crippen LogP contribution < -0.4 is 0 Å². The van der Waals surface area contributed by atoms with Gasteiger partial charge in [0.25, 0.3) is 11.4 Å². The van der Waals surface area contributed by atoms with Gasteiger partial charge in [-0.2, -0.15) is 0 Å². The fourth-order valence-electron chi connectivity index (χ4n) is 4.17. The van der Waals surface area contributed by atoms with Crippen LogP contribution in [0.3, 0.4) is 0 Å². The van der Waals surface area contributed by atoms with Crippen LogP contribution in [0, 0.1) is 26.1 Å². The van der Waals surface area contributed by atoms with E-state index in [1.54, 1.807) is 12.1 Å². The number of carbonyl (C=O) groups is 2. The Kier molecular flexibility index (Phi) is 8.20. The Morgan fingerprint density at radius 2 is 1.55 bits per heavy atom. The first-order valence-corrected chi connectivity index (χ1v) is 16.5. The maximum atomic E-state index is 13.3. The van der Waals surface area contributed by atoms with Gasteiger partial charge in [-0.1, -0.05) is 32.5 Å². The molecule has 0 radical (unpaired) electrons. The van der Waals surface area contributed by atoms with E-state index in [0.29, 0.717) is 29.1 Å². The van der Waals surface area contributed by atoms with Crippen molar-refractivity contribution >= 4 is 48.2 Å². The van der Waals surface area contributed by atoms with Crippen molar-refractivity contribution in [2.75, 3.05) is 6.61 Å². The number of nitrogens with zero attached hydrogens (tertiary/aromatic N) is 3. The van der Waals surface area contributed by atoms with Crippen molar-refractivity contribution in [1.29, 1.82) is 0 Å². The van der Waals surface area contributed by atoms with Crippen LogP contribution in [0.1, 0.15) is 38.3 Å². The molecule has 11 nitrogen and oxygen atoms in total. The molecule has 0 unspecified atom stereocenters. The molecule has 2 atom stereocenters. The Balaban J connectivity index is 1.53. The highest BCUT2D eigenvalue weighted by atomic mass is 32.2. The van der Waals surface area contributed by atoms with Gasteiger partial charge in [0.2, 0.25) is 5.91 Å². The third-order valence-electron chi connectivity index (χ3n) is 7.60. The van der Waals surface area contributed by atoms with Crippen molar-refractivity contribution in [3.63, 3.8) is 0 Å². The average Bonchev–Trinajstić information content (AvgIpc) is 3.25. The monoisotopic (exact) mass is 585 g/mol. The van der Waals surface area contributed by atoms with Gasteiger partial charge >= 0.3 is 5.97 Å². The van der Waals surface area contributed by atoms with Gasteiger partial charge in [0.1, 0.15) is 12.3 Å². The van der Waals surface area contributed by atoms with Gasteiger partial charge in [0.05, 0.1) is 21.1 Å². The number of rotatable bonds is 10. The summed E-state index contributed by atoms with van der Waals surface area (Å²) in [5.74, 6) is -1.26.